The summed E-state index contributed by atoms with van der Waals surface area (Å²) in [7, 11) is 0. The SMILES string of the molecule is O=C1CN(C(=O)Cl)c2cc(Cl)ccc2N1. The van der Waals surface area contributed by atoms with Crippen LogP contribution in [0.5, 0.6) is 0 Å². The molecule has 0 atom stereocenters. The van der Waals surface area contributed by atoms with Crippen molar-refractivity contribution < 1.29 is 9.59 Å². The van der Waals surface area contributed by atoms with Crippen LogP contribution in [0.15, 0.2) is 18.2 Å². The number of carbonyl (C=O) groups excluding carboxylic acids is 2. The Morgan fingerprint density at radius 2 is 2.20 bits per heavy atom. The van der Waals surface area contributed by atoms with Crippen molar-refractivity contribution in [2.75, 3.05) is 16.8 Å². The van der Waals surface area contributed by atoms with Crippen molar-refractivity contribution in [3.05, 3.63) is 23.2 Å². The Morgan fingerprint density at radius 1 is 1.47 bits per heavy atom. The molecule has 1 aliphatic heterocycles. The van der Waals surface area contributed by atoms with Crippen LogP contribution in [0.1, 0.15) is 0 Å². The van der Waals surface area contributed by atoms with Crippen LogP contribution in [0, 0.1) is 0 Å². The third-order valence-electron chi connectivity index (χ3n) is 2.04. The monoisotopic (exact) mass is 244 g/mol. The van der Waals surface area contributed by atoms with Gasteiger partial charge in [0.25, 0.3) is 0 Å². The Kier molecular flexibility index (Phi) is 2.54. The second-order valence-corrected chi connectivity index (χ2v) is 3.81. The third kappa shape index (κ3) is 1.91. The van der Waals surface area contributed by atoms with E-state index in [-0.39, 0.29) is 12.5 Å². The number of amides is 2. The molecule has 2 rings (SSSR count). The Labute approximate surface area is 95.8 Å². The van der Waals surface area contributed by atoms with Gasteiger partial charge in [-0.25, -0.2) is 0 Å². The normalized spacial score (nSPS) is 14.5. The van der Waals surface area contributed by atoms with E-state index >= 15 is 0 Å². The molecule has 0 saturated carbocycles. The minimum Gasteiger partial charge on any atom is -0.323 e. The fourth-order valence-corrected chi connectivity index (χ4v) is 1.73. The highest BCUT2D eigenvalue weighted by Gasteiger charge is 2.25. The maximum Gasteiger partial charge on any atom is 0.321 e. The van der Waals surface area contributed by atoms with Gasteiger partial charge in [-0.15, -0.1) is 0 Å². The fourth-order valence-electron chi connectivity index (χ4n) is 1.41. The topological polar surface area (TPSA) is 49.4 Å². The minimum absolute atomic E-state index is 0.0876. The molecule has 4 nitrogen and oxygen atoms in total. The van der Waals surface area contributed by atoms with E-state index in [2.05, 4.69) is 5.32 Å². The molecule has 1 aromatic carbocycles. The summed E-state index contributed by atoms with van der Waals surface area (Å²) in [5.74, 6) is -0.279. The van der Waals surface area contributed by atoms with E-state index < -0.39 is 5.37 Å². The summed E-state index contributed by atoms with van der Waals surface area (Å²) in [5.41, 5.74) is 1.05. The first kappa shape index (κ1) is 10.3. The summed E-state index contributed by atoms with van der Waals surface area (Å²) in [6.45, 7) is -0.0876. The smallest absolute Gasteiger partial charge is 0.321 e. The van der Waals surface area contributed by atoms with Crippen LogP contribution in [0.3, 0.4) is 0 Å². The van der Waals surface area contributed by atoms with E-state index in [1.165, 1.54) is 4.90 Å². The molecule has 0 aliphatic carbocycles. The number of hydrogen-bond donors (Lipinski definition) is 1. The van der Waals surface area contributed by atoms with Gasteiger partial charge in [0.05, 0.1) is 11.4 Å². The zero-order chi connectivity index (χ0) is 11.0. The summed E-state index contributed by atoms with van der Waals surface area (Å²) in [5, 5.41) is 2.40. The number of hydrogen-bond acceptors (Lipinski definition) is 2. The summed E-state index contributed by atoms with van der Waals surface area (Å²) in [6, 6.07) is 4.83. The molecule has 0 spiro atoms. The molecule has 1 N–H and O–H groups in total. The minimum atomic E-state index is -0.701. The highest BCUT2D eigenvalue weighted by Crippen LogP contribution is 2.32. The second-order valence-electron chi connectivity index (χ2n) is 3.05. The van der Waals surface area contributed by atoms with Crippen LogP contribution in [0.4, 0.5) is 16.2 Å². The molecule has 0 unspecified atom stereocenters. The van der Waals surface area contributed by atoms with Gasteiger partial charge in [-0.1, -0.05) is 11.6 Å². The molecular weight excluding hydrogens is 239 g/mol. The van der Waals surface area contributed by atoms with Crippen LogP contribution < -0.4 is 10.2 Å². The predicted molar refractivity (Wildman–Crippen MR) is 58.7 cm³/mol. The molecule has 78 valence electrons. The van der Waals surface area contributed by atoms with Crippen molar-refractivity contribution in [1.29, 1.82) is 0 Å². The first-order chi connectivity index (χ1) is 7.08. The molecule has 0 aromatic heterocycles. The van der Waals surface area contributed by atoms with Gasteiger partial charge in [-0.3, -0.25) is 14.5 Å². The highest BCUT2D eigenvalue weighted by atomic mass is 35.5. The van der Waals surface area contributed by atoms with Crippen molar-refractivity contribution in [3.8, 4) is 0 Å². The quantitative estimate of drug-likeness (QED) is 0.563. The van der Waals surface area contributed by atoms with Crippen molar-refractivity contribution in [3.63, 3.8) is 0 Å². The van der Waals surface area contributed by atoms with E-state index in [9.17, 15) is 9.59 Å². The molecule has 0 radical (unpaired) electrons. The number of anilines is 2. The number of fused-ring (bicyclic) bond motifs is 1. The molecule has 0 fully saturated rings. The van der Waals surface area contributed by atoms with Gasteiger partial charge in [0, 0.05) is 5.02 Å². The Balaban J connectivity index is 2.52. The number of rotatable bonds is 0. The van der Waals surface area contributed by atoms with Crippen LogP contribution in [-0.4, -0.2) is 17.8 Å². The van der Waals surface area contributed by atoms with Crippen LogP contribution >= 0.6 is 23.2 Å². The number of nitrogens with zero attached hydrogens (tertiary/aromatic N) is 1. The zero-order valence-electron chi connectivity index (χ0n) is 7.46. The second kappa shape index (κ2) is 3.72. The highest BCUT2D eigenvalue weighted by molar-refractivity contribution is 6.66. The van der Waals surface area contributed by atoms with Gasteiger partial charge in [0.15, 0.2) is 0 Å². The fraction of sp³-hybridized carbons (Fsp3) is 0.111. The lowest BCUT2D eigenvalue weighted by molar-refractivity contribution is -0.115. The van der Waals surface area contributed by atoms with Gasteiger partial charge in [0.2, 0.25) is 5.91 Å². The molecular formula is C9H6Cl2N2O2. The first-order valence-corrected chi connectivity index (χ1v) is 4.90. The third-order valence-corrected chi connectivity index (χ3v) is 2.48. The van der Waals surface area contributed by atoms with Crippen LogP contribution in [0.2, 0.25) is 5.02 Å². The van der Waals surface area contributed by atoms with E-state index in [0.717, 1.165) is 0 Å². The maximum atomic E-state index is 11.2. The summed E-state index contributed by atoms with van der Waals surface area (Å²) in [4.78, 5) is 23.5. The molecule has 15 heavy (non-hydrogen) atoms. The van der Waals surface area contributed by atoms with Crippen molar-refractivity contribution in [2.45, 2.75) is 0 Å². The lowest BCUT2D eigenvalue weighted by Crippen LogP contribution is -2.39. The largest absolute Gasteiger partial charge is 0.323 e. The predicted octanol–water partition coefficient (Wildman–Crippen LogP) is 2.46. The number of halogens is 2. The van der Waals surface area contributed by atoms with Gasteiger partial charge in [0.1, 0.15) is 6.54 Å². The standard InChI is InChI=1S/C9H6Cl2N2O2/c10-5-1-2-6-7(3-5)13(9(11)15)4-8(14)12-6/h1-3H,4H2,(H,12,14). The van der Waals surface area contributed by atoms with Gasteiger partial charge >= 0.3 is 5.37 Å². The van der Waals surface area contributed by atoms with E-state index in [0.29, 0.717) is 16.4 Å². The molecule has 1 heterocycles. The van der Waals surface area contributed by atoms with Crippen molar-refractivity contribution in [2.24, 2.45) is 0 Å². The van der Waals surface area contributed by atoms with Crippen molar-refractivity contribution >= 4 is 45.9 Å². The van der Waals surface area contributed by atoms with Gasteiger partial charge in [-0.2, -0.15) is 0 Å². The van der Waals surface area contributed by atoms with Crippen LogP contribution in [0.25, 0.3) is 0 Å². The molecule has 0 bridgehead atoms. The number of benzene rings is 1. The molecule has 1 aliphatic rings. The van der Waals surface area contributed by atoms with Gasteiger partial charge < -0.3 is 5.32 Å². The molecule has 6 heteroatoms. The molecule has 1 aromatic rings. The van der Waals surface area contributed by atoms with E-state index in [4.69, 9.17) is 23.2 Å². The van der Waals surface area contributed by atoms with Crippen molar-refractivity contribution in [1.82, 2.24) is 0 Å². The molecule has 0 saturated heterocycles. The number of carbonyl (C=O) groups is 2. The lowest BCUT2D eigenvalue weighted by Gasteiger charge is -2.27. The van der Waals surface area contributed by atoms with E-state index in [1.807, 2.05) is 0 Å². The maximum absolute atomic E-state index is 11.2. The summed E-state index contributed by atoms with van der Waals surface area (Å²) in [6.07, 6.45) is 0. The lowest BCUT2D eigenvalue weighted by atomic mass is 10.2. The molecule has 2 amide bonds. The summed E-state index contributed by atoms with van der Waals surface area (Å²) < 4.78 is 0. The van der Waals surface area contributed by atoms with E-state index in [1.54, 1.807) is 18.2 Å². The summed E-state index contributed by atoms with van der Waals surface area (Å²) >= 11 is 11.2. The average molecular weight is 245 g/mol. The average Bonchev–Trinajstić information content (AvgIpc) is 2.17. The first-order valence-electron chi connectivity index (χ1n) is 4.14. The Morgan fingerprint density at radius 3 is 2.87 bits per heavy atom. The van der Waals surface area contributed by atoms with Crippen LogP contribution in [-0.2, 0) is 4.79 Å². The Hall–Kier alpha value is -1.26. The zero-order valence-corrected chi connectivity index (χ0v) is 8.97. The number of nitrogens with one attached hydrogen (secondary N) is 1. The van der Waals surface area contributed by atoms with Gasteiger partial charge in [-0.05, 0) is 29.8 Å². The Bertz CT molecular complexity index is 448.